The van der Waals surface area contributed by atoms with Gasteiger partial charge >= 0.3 is 0 Å². The number of furan rings is 1. The summed E-state index contributed by atoms with van der Waals surface area (Å²) in [5, 5.41) is 12.1. The van der Waals surface area contributed by atoms with Crippen LogP contribution in [-0.2, 0) is 0 Å². The third-order valence-corrected chi connectivity index (χ3v) is 3.96. The summed E-state index contributed by atoms with van der Waals surface area (Å²) in [7, 11) is 0. The maximum atomic E-state index is 12.5. The van der Waals surface area contributed by atoms with Crippen molar-refractivity contribution in [1.29, 1.82) is 0 Å². The molecule has 2 rings (SSSR count). The van der Waals surface area contributed by atoms with E-state index >= 15 is 0 Å². The van der Waals surface area contributed by atoms with Gasteiger partial charge in [0.2, 0.25) is 0 Å². The molecule has 22 heavy (non-hydrogen) atoms. The highest BCUT2D eigenvalue weighted by Crippen LogP contribution is 2.20. The second-order valence-electron chi connectivity index (χ2n) is 5.65. The number of nitrogens with zero attached hydrogens (tertiary/aromatic N) is 1. The van der Waals surface area contributed by atoms with Gasteiger partial charge in [-0.1, -0.05) is 6.92 Å². The van der Waals surface area contributed by atoms with Gasteiger partial charge in [0.1, 0.15) is 5.69 Å². The zero-order valence-corrected chi connectivity index (χ0v) is 13.2. The quantitative estimate of drug-likeness (QED) is 0.860. The first kappa shape index (κ1) is 16.2. The minimum absolute atomic E-state index is 0.0410. The van der Waals surface area contributed by atoms with Crippen LogP contribution >= 0.6 is 0 Å². The molecule has 2 aromatic heterocycles. The Bertz CT molecular complexity index is 637. The molecule has 0 saturated heterocycles. The molecule has 0 aliphatic carbocycles. The van der Waals surface area contributed by atoms with Crippen LogP contribution in [0.2, 0.25) is 0 Å². The molecule has 0 saturated carbocycles. The lowest BCUT2D eigenvalue weighted by atomic mass is 9.94. The highest BCUT2D eigenvalue weighted by atomic mass is 16.3. The van der Waals surface area contributed by atoms with Gasteiger partial charge in [0.15, 0.2) is 5.76 Å². The fourth-order valence-corrected chi connectivity index (χ4v) is 2.28. The topological polar surface area (TPSA) is 75.4 Å². The number of pyridine rings is 1. The molecule has 1 atom stereocenters. The van der Waals surface area contributed by atoms with Crippen molar-refractivity contribution in [1.82, 2.24) is 10.3 Å². The predicted octanol–water partition coefficient (Wildman–Crippen LogP) is 2.93. The molecule has 0 aromatic carbocycles. The molecule has 0 fully saturated rings. The largest absolute Gasteiger partial charge is 0.463 e. The van der Waals surface area contributed by atoms with Crippen LogP contribution < -0.4 is 5.32 Å². The van der Waals surface area contributed by atoms with E-state index in [0.29, 0.717) is 29.1 Å². The van der Waals surface area contributed by atoms with Crippen LogP contribution in [0, 0.1) is 6.92 Å². The van der Waals surface area contributed by atoms with Gasteiger partial charge in [-0.05, 0) is 51.0 Å². The summed E-state index contributed by atoms with van der Waals surface area (Å²) < 4.78 is 5.31. The summed E-state index contributed by atoms with van der Waals surface area (Å²) in [5.41, 5.74) is 1.47. The van der Waals surface area contributed by atoms with E-state index in [9.17, 15) is 4.79 Å². The monoisotopic (exact) mass is 302 g/mol. The van der Waals surface area contributed by atoms with E-state index < -0.39 is 5.54 Å². The molecule has 0 aliphatic rings. The summed E-state index contributed by atoms with van der Waals surface area (Å²) >= 11 is 0. The molecule has 118 valence electrons. The van der Waals surface area contributed by atoms with E-state index in [1.165, 1.54) is 0 Å². The summed E-state index contributed by atoms with van der Waals surface area (Å²) in [6.07, 6.45) is 2.86. The molecule has 0 radical (unpaired) electrons. The number of carbonyl (C=O) groups is 1. The number of rotatable bonds is 6. The van der Waals surface area contributed by atoms with E-state index in [2.05, 4.69) is 10.3 Å². The Kier molecular flexibility index (Phi) is 4.98. The van der Waals surface area contributed by atoms with E-state index in [4.69, 9.17) is 9.52 Å². The van der Waals surface area contributed by atoms with Gasteiger partial charge in [-0.15, -0.1) is 0 Å². The van der Waals surface area contributed by atoms with Crippen molar-refractivity contribution in [2.24, 2.45) is 0 Å². The molecule has 0 aliphatic heterocycles. The number of carbonyl (C=O) groups excluding carboxylic acids is 1. The zero-order valence-electron chi connectivity index (χ0n) is 13.2. The highest BCUT2D eigenvalue weighted by molar-refractivity contribution is 5.95. The van der Waals surface area contributed by atoms with Crippen molar-refractivity contribution in [3.8, 4) is 11.5 Å². The predicted molar refractivity (Wildman–Crippen MR) is 84.5 cm³/mol. The number of amides is 1. The second kappa shape index (κ2) is 6.75. The van der Waals surface area contributed by atoms with Crippen molar-refractivity contribution in [3.05, 3.63) is 41.8 Å². The van der Waals surface area contributed by atoms with Gasteiger partial charge in [-0.25, -0.2) is 4.98 Å². The average molecular weight is 302 g/mol. The van der Waals surface area contributed by atoms with Crippen molar-refractivity contribution in [2.75, 3.05) is 6.61 Å². The molecule has 2 N–H and O–H groups in total. The Labute approximate surface area is 130 Å². The number of aryl methyl sites for hydroxylation is 1. The third-order valence-electron chi connectivity index (χ3n) is 3.96. The highest BCUT2D eigenvalue weighted by Gasteiger charge is 2.25. The number of aliphatic hydroxyl groups is 1. The molecule has 5 nitrogen and oxygen atoms in total. The standard InChI is InChI=1S/C17H22N2O3/c1-4-17(3,9-10-20)19-16(21)13-7-8-14(18-12(13)2)15-6-5-11-22-15/h5-8,11,20H,4,9-10H2,1-3H3,(H,19,21). The van der Waals surface area contributed by atoms with Gasteiger partial charge in [-0.3, -0.25) is 4.79 Å². The molecular weight excluding hydrogens is 280 g/mol. The van der Waals surface area contributed by atoms with Crippen LogP contribution in [0.3, 0.4) is 0 Å². The average Bonchev–Trinajstić information content (AvgIpc) is 3.01. The van der Waals surface area contributed by atoms with Gasteiger partial charge in [0.05, 0.1) is 17.5 Å². The minimum Gasteiger partial charge on any atom is -0.463 e. The van der Waals surface area contributed by atoms with E-state index in [-0.39, 0.29) is 12.5 Å². The van der Waals surface area contributed by atoms with Gasteiger partial charge < -0.3 is 14.8 Å². The van der Waals surface area contributed by atoms with E-state index in [0.717, 1.165) is 6.42 Å². The minimum atomic E-state index is -0.419. The maximum absolute atomic E-state index is 12.5. The number of hydrogen-bond acceptors (Lipinski definition) is 4. The first-order chi connectivity index (χ1) is 10.5. The Hall–Kier alpha value is -2.14. The normalized spacial score (nSPS) is 13.6. The van der Waals surface area contributed by atoms with E-state index in [1.807, 2.05) is 19.9 Å². The molecule has 1 unspecified atom stereocenters. The van der Waals surface area contributed by atoms with Crippen LogP contribution in [0.15, 0.2) is 34.9 Å². The van der Waals surface area contributed by atoms with Gasteiger partial charge in [0, 0.05) is 12.1 Å². The first-order valence-corrected chi connectivity index (χ1v) is 7.44. The van der Waals surface area contributed by atoms with Crippen molar-refractivity contribution < 1.29 is 14.3 Å². The van der Waals surface area contributed by atoms with Crippen LogP contribution in [0.5, 0.6) is 0 Å². The van der Waals surface area contributed by atoms with Crippen molar-refractivity contribution in [2.45, 2.75) is 39.2 Å². The Morgan fingerprint density at radius 1 is 1.41 bits per heavy atom. The molecule has 2 heterocycles. The summed E-state index contributed by atoms with van der Waals surface area (Å²) in [6.45, 7) is 5.76. The number of aromatic nitrogens is 1. The Morgan fingerprint density at radius 3 is 2.73 bits per heavy atom. The summed E-state index contributed by atoms with van der Waals surface area (Å²) in [6, 6.07) is 7.16. The number of nitrogens with one attached hydrogen (secondary N) is 1. The maximum Gasteiger partial charge on any atom is 0.253 e. The molecule has 0 spiro atoms. The van der Waals surface area contributed by atoms with Crippen molar-refractivity contribution >= 4 is 5.91 Å². The lowest BCUT2D eigenvalue weighted by molar-refractivity contribution is 0.0885. The zero-order chi connectivity index (χ0) is 16.2. The van der Waals surface area contributed by atoms with Crippen LogP contribution in [-0.4, -0.2) is 28.1 Å². The number of aliphatic hydroxyl groups excluding tert-OH is 1. The second-order valence-corrected chi connectivity index (χ2v) is 5.65. The van der Waals surface area contributed by atoms with Gasteiger partial charge in [0.25, 0.3) is 5.91 Å². The van der Waals surface area contributed by atoms with Crippen LogP contribution in [0.4, 0.5) is 0 Å². The molecule has 0 bridgehead atoms. The van der Waals surface area contributed by atoms with E-state index in [1.54, 1.807) is 31.4 Å². The Balaban J connectivity index is 2.20. The SMILES string of the molecule is CCC(C)(CCO)NC(=O)c1ccc(-c2ccco2)nc1C. The van der Waals surface area contributed by atoms with Crippen molar-refractivity contribution in [3.63, 3.8) is 0 Å². The lowest BCUT2D eigenvalue weighted by Gasteiger charge is -2.29. The Morgan fingerprint density at radius 2 is 2.18 bits per heavy atom. The summed E-state index contributed by atoms with van der Waals surface area (Å²) in [4.78, 5) is 16.9. The van der Waals surface area contributed by atoms with Crippen LogP contribution in [0.25, 0.3) is 11.5 Å². The first-order valence-electron chi connectivity index (χ1n) is 7.44. The molecule has 1 amide bonds. The lowest BCUT2D eigenvalue weighted by Crippen LogP contribution is -2.46. The third kappa shape index (κ3) is 3.54. The van der Waals surface area contributed by atoms with Gasteiger partial charge in [-0.2, -0.15) is 0 Å². The fraction of sp³-hybridized carbons (Fsp3) is 0.412. The molecular formula is C17H22N2O3. The molecule has 5 heteroatoms. The number of hydrogen-bond donors (Lipinski definition) is 2. The van der Waals surface area contributed by atoms with Crippen LogP contribution in [0.1, 0.15) is 42.7 Å². The summed E-state index contributed by atoms with van der Waals surface area (Å²) in [5.74, 6) is 0.502. The smallest absolute Gasteiger partial charge is 0.253 e. The fourth-order valence-electron chi connectivity index (χ4n) is 2.28. The molecule has 2 aromatic rings.